The number of nitrogens with one attached hydrogen (secondary N) is 1. The molecule has 0 unspecified atom stereocenters. The summed E-state index contributed by atoms with van der Waals surface area (Å²) in [7, 11) is 1.57. The van der Waals surface area contributed by atoms with Crippen LogP contribution in [-0.2, 0) is 4.74 Å². The quantitative estimate of drug-likeness (QED) is 0.193. The highest BCUT2D eigenvalue weighted by atomic mass is 35.5. The van der Waals surface area contributed by atoms with Crippen molar-refractivity contribution in [1.29, 1.82) is 0 Å². The van der Waals surface area contributed by atoms with Crippen LogP contribution in [0.25, 0.3) is 10.9 Å². The molecule has 0 radical (unpaired) electrons. The minimum Gasteiger partial charge on any atom is -0.493 e. The van der Waals surface area contributed by atoms with Gasteiger partial charge in [-0.15, -0.1) is 0 Å². The summed E-state index contributed by atoms with van der Waals surface area (Å²) in [5.74, 6) is 0.864. The number of carbonyl (C=O) groups is 1. The van der Waals surface area contributed by atoms with Crippen LogP contribution in [0.2, 0.25) is 5.02 Å². The van der Waals surface area contributed by atoms with Gasteiger partial charge in [-0.05, 0) is 55.0 Å². The molecule has 1 fully saturated rings. The number of benzene rings is 3. The van der Waals surface area contributed by atoms with E-state index in [2.05, 4.69) is 15.2 Å². The molecule has 0 saturated carbocycles. The Hall–Kier alpha value is -4.58. The molecule has 3 aromatic carbocycles. The van der Waals surface area contributed by atoms with Crippen molar-refractivity contribution in [2.45, 2.75) is 6.42 Å². The fraction of sp³-hybridized carbons (Fsp3) is 0.273. The zero-order valence-electron chi connectivity index (χ0n) is 24.7. The molecule has 4 aromatic rings. The topological polar surface area (TPSA) is 88.6 Å². The zero-order chi connectivity index (χ0) is 31.2. The number of amides is 2. The zero-order valence-corrected chi connectivity index (χ0v) is 25.5. The smallest absolute Gasteiger partial charge is 0.327 e. The van der Waals surface area contributed by atoms with Gasteiger partial charge in [-0.3, -0.25) is 14.8 Å². The van der Waals surface area contributed by atoms with Crippen LogP contribution in [0.15, 0.2) is 79.3 Å². The molecular formula is C33H33ClFN5O5. The lowest BCUT2D eigenvalue weighted by atomic mass is 10.1. The number of halogens is 2. The molecule has 2 aliphatic heterocycles. The third-order valence-electron chi connectivity index (χ3n) is 7.52. The van der Waals surface area contributed by atoms with Gasteiger partial charge in [0.25, 0.3) is 0 Å². The molecule has 0 spiro atoms. The van der Waals surface area contributed by atoms with Crippen LogP contribution >= 0.6 is 11.6 Å². The van der Waals surface area contributed by atoms with Crippen molar-refractivity contribution < 1.29 is 28.1 Å². The Bertz CT molecular complexity index is 1680. The van der Waals surface area contributed by atoms with E-state index in [0.717, 1.165) is 45.0 Å². The number of urea groups is 1. The average Bonchev–Trinajstić information content (AvgIpc) is 3.56. The highest BCUT2D eigenvalue weighted by molar-refractivity contribution is 6.30. The summed E-state index contributed by atoms with van der Waals surface area (Å²) in [4.78, 5) is 23.0. The summed E-state index contributed by atoms with van der Waals surface area (Å²) in [5, 5.41) is 4.00. The third kappa shape index (κ3) is 7.39. The first-order valence-corrected chi connectivity index (χ1v) is 15.0. The molecule has 3 heterocycles. The first kappa shape index (κ1) is 30.4. The van der Waals surface area contributed by atoms with E-state index in [1.165, 1.54) is 17.0 Å². The molecule has 6 rings (SSSR count). The van der Waals surface area contributed by atoms with Gasteiger partial charge in [0.15, 0.2) is 23.1 Å². The Morgan fingerprint density at radius 3 is 2.60 bits per heavy atom. The van der Waals surface area contributed by atoms with Crippen molar-refractivity contribution in [3.8, 4) is 23.0 Å². The van der Waals surface area contributed by atoms with Crippen molar-refractivity contribution in [3.05, 3.63) is 90.1 Å². The molecular weight excluding hydrogens is 601 g/mol. The average molecular weight is 634 g/mol. The third-order valence-corrected chi connectivity index (χ3v) is 7.77. The number of aromatic nitrogens is 1. The lowest BCUT2D eigenvalue weighted by Crippen LogP contribution is -2.37. The largest absolute Gasteiger partial charge is 0.493 e. The number of anilines is 2. The lowest BCUT2D eigenvalue weighted by Gasteiger charge is -2.26. The van der Waals surface area contributed by atoms with Crippen molar-refractivity contribution in [1.82, 2.24) is 14.8 Å². The first-order chi connectivity index (χ1) is 22.0. The minimum atomic E-state index is -0.635. The molecule has 0 atom stereocenters. The van der Waals surface area contributed by atoms with Gasteiger partial charge in [-0.1, -0.05) is 11.6 Å². The Morgan fingerprint density at radius 2 is 1.82 bits per heavy atom. The number of ether oxygens (including phenoxy) is 4. The van der Waals surface area contributed by atoms with E-state index >= 15 is 4.39 Å². The van der Waals surface area contributed by atoms with Crippen LogP contribution in [0.1, 0.15) is 6.42 Å². The number of hydrogen-bond acceptors (Lipinski definition) is 8. The summed E-state index contributed by atoms with van der Waals surface area (Å²) in [6.45, 7) is 5.16. The van der Waals surface area contributed by atoms with E-state index in [0.29, 0.717) is 52.1 Å². The number of carbonyl (C=O) groups excluding carboxylic acids is 1. The van der Waals surface area contributed by atoms with Crippen LogP contribution in [0.4, 0.5) is 20.6 Å². The van der Waals surface area contributed by atoms with E-state index in [9.17, 15) is 4.79 Å². The number of methoxy groups -OCH3 is 1. The minimum absolute atomic E-state index is 0.00196. The van der Waals surface area contributed by atoms with Crippen molar-refractivity contribution in [3.63, 3.8) is 0 Å². The number of fused-ring (bicyclic) bond motifs is 1. The molecule has 0 aliphatic carbocycles. The second-order valence-electron chi connectivity index (χ2n) is 10.5. The maximum atomic E-state index is 15.2. The van der Waals surface area contributed by atoms with Gasteiger partial charge in [0.1, 0.15) is 12.4 Å². The molecule has 234 valence electrons. The molecule has 12 heteroatoms. The molecule has 1 N–H and O–H groups in total. The van der Waals surface area contributed by atoms with Crippen molar-refractivity contribution >= 4 is 39.9 Å². The van der Waals surface area contributed by atoms with Crippen molar-refractivity contribution in [2.75, 3.05) is 63.5 Å². The van der Waals surface area contributed by atoms with Gasteiger partial charge in [0.2, 0.25) is 0 Å². The van der Waals surface area contributed by atoms with Crippen LogP contribution in [-0.4, -0.2) is 74.0 Å². The number of rotatable bonds is 10. The Labute approximate surface area is 265 Å². The predicted molar refractivity (Wildman–Crippen MR) is 171 cm³/mol. The molecule has 1 saturated heterocycles. The second-order valence-corrected chi connectivity index (χ2v) is 11.0. The number of morpholine rings is 1. The monoisotopic (exact) mass is 633 g/mol. The maximum absolute atomic E-state index is 15.2. The van der Waals surface area contributed by atoms with E-state index in [4.69, 9.17) is 30.5 Å². The van der Waals surface area contributed by atoms with Gasteiger partial charge in [0.05, 0.1) is 32.4 Å². The Morgan fingerprint density at radius 1 is 1.00 bits per heavy atom. The molecule has 0 bridgehead atoms. The molecule has 2 amide bonds. The predicted octanol–water partition coefficient (Wildman–Crippen LogP) is 6.71. The number of pyridine rings is 1. The standard InChI is InChI=1S/C33H33ClFN5O5/c1-42-31-20-26-28(21-32(31)44-16-2-11-38-14-17-43-18-15-38)36-10-9-29(26)45-30-8-5-24(19-27(30)35)37-33(41)40-13-12-39(22-40)25-6-3-23(34)4-7-25/h3-10,12-13,19-21H,2,11,14-18,22H2,1H3,(H,37,41). The normalized spacial score (nSPS) is 15.0. The van der Waals surface area contributed by atoms with E-state index in [1.807, 2.05) is 17.0 Å². The van der Waals surface area contributed by atoms with Crippen LogP contribution in [0.5, 0.6) is 23.0 Å². The summed E-state index contributed by atoms with van der Waals surface area (Å²) in [6, 6.07) is 16.4. The SMILES string of the molecule is COc1cc2c(Oc3ccc(NC(=O)N4C=CN(c5ccc(Cl)cc5)C4)cc3F)ccnc2cc1OCCCN1CCOCC1. The number of hydrogen-bond donors (Lipinski definition) is 1. The Balaban J connectivity index is 1.08. The van der Waals surface area contributed by atoms with Gasteiger partial charge in [-0.25, -0.2) is 9.18 Å². The molecule has 1 aromatic heterocycles. The fourth-order valence-corrected chi connectivity index (χ4v) is 5.24. The Kier molecular flexibility index (Phi) is 9.49. The van der Waals surface area contributed by atoms with Crippen LogP contribution < -0.4 is 24.4 Å². The van der Waals surface area contributed by atoms with Gasteiger partial charge >= 0.3 is 6.03 Å². The summed E-state index contributed by atoms with van der Waals surface area (Å²) in [5.41, 5.74) is 1.80. The molecule has 45 heavy (non-hydrogen) atoms. The van der Waals surface area contributed by atoms with Gasteiger partial charge < -0.3 is 29.2 Å². The molecule has 10 nitrogen and oxygen atoms in total. The van der Waals surface area contributed by atoms with Crippen molar-refractivity contribution in [2.24, 2.45) is 0 Å². The van der Waals surface area contributed by atoms with Crippen LogP contribution in [0, 0.1) is 5.82 Å². The summed E-state index contributed by atoms with van der Waals surface area (Å²) < 4.78 is 38.2. The number of nitrogens with zero attached hydrogens (tertiary/aromatic N) is 4. The van der Waals surface area contributed by atoms with Gasteiger partial charge in [-0.2, -0.15) is 0 Å². The molecule has 2 aliphatic rings. The highest BCUT2D eigenvalue weighted by Gasteiger charge is 2.21. The van der Waals surface area contributed by atoms with E-state index in [1.54, 1.807) is 62.1 Å². The second kappa shape index (κ2) is 14.0. The van der Waals surface area contributed by atoms with E-state index in [-0.39, 0.29) is 5.75 Å². The fourth-order valence-electron chi connectivity index (χ4n) is 5.11. The lowest BCUT2D eigenvalue weighted by molar-refractivity contribution is 0.0357. The first-order valence-electron chi connectivity index (χ1n) is 14.6. The van der Waals surface area contributed by atoms with Gasteiger partial charge in [0, 0.05) is 72.1 Å². The maximum Gasteiger partial charge on any atom is 0.327 e. The summed E-state index contributed by atoms with van der Waals surface area (Å²) in [6.07, 6.45) is 5.90. The summed E-state index contributed by atoms with van der Waals surface area (Å²) >= 11 is 5.97. The highest BCUT2D eigenvalue weighted by Crippen LogP contribution is 2.38. The van der Waals surface area contributed by atoms with Crippen LogP contribution in [0.3, 0.4) is 0 Å². The van der Waals surface area contributed by atoms with E-state index < -0.39 is 11.8 Å².